The van der Waals surface area contributed by atoms with E-state index in [2.05, 4.69) is 15.6 Å². The SMILES string of the molecule is O=C(Nc1c(Cl)ccc2scnc12)C1CCCNC1. The van der Waals surface area contributed by atoms with Crippen molar-refractivity contribution in [2.24, 2.45) is 5.92 Å². The standard InChI is InChI=1S/C13H14ClN3OS/c14-9-3-4-10-12(16-7-19-10)11(9)17-13(18)8-2-1-5-15-6-8/h3-4,7-8,15H,1-2,5-6H2,(H,17,18). The number of hydrogen-bond acceptors (Lipinski definition) is 4. The van der Waals surface area contributed by atoms with Gasteiger partial charge in [0.1, 0.15) is 5.52 Å². The maximum atomic E-state index is 12.3. The molecule has 2 N–H and O–H groups in total. The van der Waals surface area contributed by atoms with Gasteiger partial charge in [0, 0.05) is 6.54 Å². The number of halogens is 1. The van der Waals surface area contributed by atoms with Crippen molar-refractivity contribution in [3.8, 4) is 0 Å². The molecular formula is C13H14ClN3OS. The lowest BCUT2D eigenvalue weighted by molar-refractivity contribution is -0.120. The Morgan fingerprint density at radius 2 is 2.42 bits per heavy atom. The van der Waals surface area contributed by atoms with Gasteiger partial charge in [-0.05, 0) is 31.5 Å². The van der Waals surface area contributed by atoms with Crippen LogP contribution in [0.5, 0.6) is 0 Å². The highest BCUT2D eigenvalue weighted by Crippen LogP contribution is 2.32. The Labute approximate surface area is 120 Å². The van der Waals surface area contributed by atoms with Crippen molar-refractivity contribution in [1.29, 1.82) is 0 Å². The van der Waals surface area contributed by atoms with Crippen LogP contribution in [0.2, 0.25) is 5.02 Å². The third-order valence-electron chi connectivity index (χ3n) is 3.37. The van der Waals surface area contributed by atoms with E-state index in [9.17, 15) is 4.79 Å². The van der Waals surface area contributed by atoms with Crippen LogP contribution < -0.4 is 10.6 Å². The summed E-state index contributed by atoms with van der Waals surface area (Å²) in [5.41, 5.74) is 3.17. The van der Waals surface area contributed by atoms with E-state index in [4.69, 9.17) is 11.6 Å². The first-order valence-corrected chi connectivity index (χ1v) is 7.55. The minimum absolute atomic E-state index is 0.0127. The van der Waals surface area contributed by atoms with Crippen molar-refractivity contribution in [2.75, 3.05) is 18.4 Å². The Morgan fingerprint density at radius 1 is 1.53 bits per heavy atom. The average Bonchev–Trinajstić information content (AvgIpc) is 2.91. The summed E-state index contributed by atoms with van der Waals surface area (Å²) in [6.45, 7) is 1.72. The van der Waals surface area contributed by atoms with Gasteiger partial charge >= 0.3 is 0 Å². The van der Waals surface area contributed by atoms with Crippen LogP contribution in [0.25, 0.3) is 10.2 Å². The van der Waals surface area contributed by atoms with E-state index in [1.807, 2.05) is 6.07 Å². The molecule has 1 unspecified atom stereocenters. The first-order valence-electron chi connectivity index (χ1n) is 6.29. The molecule has 2 aromatic rings. The van der Waals surface area contributed by atoms with Crippen LogP contribution in [-0.4, -0.2) is 24.0 Å². The number of nitrogens with one attached hydrogen (secondary N) is 2. The quantitative estimate of drug-likeness (QED) is 0.896. The van der Waals surface area contributed by atoms with E-state index < -0.39 is 0 Å². The summed E-state index contributed by atoms with van der Waals surface area (Å²) in [6, 6.07) is 3.73. The van der Waals surface area contributed by atoms with Gasteiger partial charge in [0.15, 0.2) is 0 Å². The second kappa shape index (κ2) is 5.45. The third-order valence-corrected chi connectivity index (χ3v) is 4.48. The number of aromatic nitrogens is 1. The molecule has 1 amide bonds. The van der Waals surface area contributed by atoms with Crippen molar-refractivity contribution in [1.82, 2.24) is 10.3 Å². The molecule has 0 saturated carbocycles. The van der Waals surface area contributed by atoms with Gasteiger partial charge in [-0.1, -0.05) is 11.6 Å². The minimum atomic E-state index is 0.0127. The van der Waals surface area contributed by atoms with E-state index in [1.54, 1.807) is 11.6 Å². The summed E-state index contributed by atoms with van der Waals surface area (Å²) in [7, 11) is 0. The van der Waals surface area contributed by atoms with Gasteiger partial charge in [-0.3, -0.25) is 4.79 Å². The number of rotatable bonds is 2. The molecule has 1 aromatic heterocycles. The first-order chi connectivity index (χ1) is 9.25. The van der Waals surface area contributed by atoms with E-state index in [0.717, 1.165) is 36.1 Å². The summed E-state index contributed by atoms with van der Waals surface area (Å²) >= 11 is 7.72. The molecule has 19 heavy (non-hydrogen) atoms. The Kier molecular flexibility index (Phi) is 3.68. The van der Waals surface area contributed by atoms with Crippen LogP contribution in [0, 0.1) is 5.92 Å². The van der Waals surface area contributed by atoms with Gasteiger partial charge in [-0.25, -0.2) is 4.98 Å². The fourth-order valence-corrected chi connectivity index (χ4v) is 3.21. The molecule has 1 saturated heterocycles. The fraction of sp³-hybridized carbons (Fsp3) is 0.385. The molecule has 0 radical (unpaired) electrons. The Morgan fingerprint density at radius 3 is 3.21 bits per heavy atom. The van der Waals surface area contributed by atoms with Crippen molar-refractivity contribution >= 4 is 44.7 Å². The summed E-state index contributed by atoms with van der Waals surface area (Å²) in [5, 5.41) is 6.72. The molecule has 3 rings (SSSR count). The number of nitrogens with zero attached hydrogens (tertiary/aromatic N) is 1. The molecule has 0 spiro atoms. The van der Waals surface area contributed by atoms with Crippen LogP contribution in [0.1, 0.15) is 12.8 Å². The van der Waals surface area contributed by atoms with E-state index in [0.29, 0.717) is 10.7 Å². The number of amides is 1. The lowest BCUT2D eigenvalue weighted by Crippen LogP contribution is -2.37. The van der Waals surface area contributed by atoms with E-state index in [-0.39, 0.29) is 11.8 Å². The molecular weight excluding hydrogens is 282 g/mol. The smallest absolute Gasteiger partial charge is 0.228 e. The third kappa shape index (κ3) is 2.59. The summed E-state index contributed by atoms with van der Waals surface area (Å²) in [4.78, 5) is 16.5. The monoisotopic (exact) mass is 295 g/mol. The fourth-order valence-electron chi connectivity index (χ4n) is 2.33. The molecule has 4 nitrogen and oxygen atoms in total. The van der Waals surface area contributed by atoms with Crippen LogP contribution in [-0.2, 0) is 4.79 Å². The molecule has 1 aliphatic rings. The second-order valence-corrected chi connectivity index (χ2v) is 5.95. The number of fused-ring (bicyclic) bond motifs is 1. The lowest BCUT2D eigenvalue weighted by atomic mass is 9.99. The predicted octanol–water partition coefficient (Wildman–Crippen LogP) is 2.89. The first kappa shape index (κ1) is 12.8. The van der Waals surface area contributed by atoms with Crippen LogP contribution in [0.3, 0.4) is 0 Å². The number of hydrogen-bond donors (Lipinski definition) is 2. The molecule has 1 fully saturated rings. The number of thiazole rings is 1. The Bertz CT molecular complexity index is 607. The van der Waals surface area contributed by atoms with Crippen molar-refractivity contribution in [2.45, 2.75) is 12.8 Å². The zero-order valence-electron chi connectivity index (χ0n) is 10.3. The van der Waals surface area contributed by atoms with Crippen molar-refractivity contribution in [3.63, 3.8) is 0 Å². The van der Waals surface area contributed by atoms with E-state index >= 15 is 0 Å². The number of benzene rings is 1. The second-order valence-electron chi connectivity index (χ2n) is 4.65. The van der Waals surface area contributed by atoms with Crippen molar-refractivity contribution in [3.05, 3.63) is 22.7 Å². The molecule has 6 heteroatoms. The minimum Gasteiger partial charge on any atom is -0.323 e. The molecule has 0 bridgehead atoms. The van der Waals surface area contributed by atoms with Gasteiger partial charge in [-0.15, -0.1) is 11.3 Å². The van der Waals surface area contributed by atoms with Gasteiger partial charge in [0.25, 0.3) is 0 Å². The molecule has 0 aliphatic carbocycles. The maximum Gasteiger partial charge on any atom is 0.228 e. The number of carbonyl (C=O) groups is 1. The van der Waals surface area contributed by atoms with Crippen LogP contribution in [0.4, 0.5) is 5.69 Å². The highest BCUT2D eigenvalue weighted by molar-refractivity contribution is 7.16. The number of anilines is 1. The molecule has 100 valence electrons. The molecule has 1 aromatic carbocycles. The van der Waals surface area contributed by atoms with Gasteiger partial charge < -0.3 is 10.6 Å². The predicted molar refractivity (Wildman–Crippen MR) is 78.9 cm³/mol. The van der Waals surface area contributed by atoms with Gasteiger partial charge in [0.2, 0.25) is 5.91 Å². The maximum absolute atomic E-state index is 12.3. The highest BCUT2D eigenvalue weighted by atomic mass is 35.5. The average molecular weight is 296 g/mol. The van der Waals surface area contributed by atoms with E-state index in [1.165, 1.54) is 11.3 Å². The van der Waals surface area contributed by atoms with Crippen LogP contribution >= 0.6 is 22.9 Å². The van der Waals surface area contributed by atoms with Crippen LogP contribution in [0.15, 0.2) is 17.6 Å². The number of piperidine rings is 1. The van der Waals surface area contributed by atoms with Gasteiger partial charge in [-0.2, -0.15) is 0 Å². The summed E-state index contributed by atoms with van der Waals surface area (Å²) < 4.78 is 1.03. The highest BCUT2D eigenvalue weighted by Gasteiger charge is 2.22. The lowest BCUT2D eigenvalue weighted by Gasteiger charge is -2.22. The topological polar surface area (TPSA) is 54.0 Å². The summed E-state index contributed by atoms with van der Waals surface area (Å²) in [5.74, 6) is 0.0355. The zero-order valence-corrected chi connectivity index (χ0v) is 11.9. The normalized spacial score (nSPS) is 19.5. The molecule has 1 aliphatic heterocycles. The largest absolute Gasteiger partial charge is 0.323 e. The Balaban J connectivity index is 1.86. The Hall–Kier alpha value is -1.17. The summed E-state index contributed by atoms with van der Waals surface area (Å²) in [6.07, 6.45) is 1.95. The zero-order chi connectivity index (χ0) is 13.2. The van der Waals surface area contributed by atoms with Crippen molar-refractivity contribution < 1.29 is 4.79 Å². The molecule has 2 heterocycles. The number of carbonyl (C=O) groups excluding carboxylic acids is 1. The molecule has 1 atom stereocenters. The van der Waals surface area contributed by atoms with Gasteiger partial charge in [0.05, 0.1) is 26.8 Å².